The SMILES string of the molecule is CCC(C)CSc1cc(N)cc(C(=O)O)c1. The van der Waals surface area contributed by atoms with Crippen molar-refractivity contribution in [2.24, 2.45) is 5.92 Å². The van der Waals surface area contributed by atoms with Gasteiger partial charge in [-0.1, -0.05) is 20.3 Å². The molecule has 4 heteroatoms. The van der Waals surface area contributed by atoms with Crippen molar-refractivity contribution in [1.82, 2.24) is 0 Å². The molecular weight excluding hydrogens is 222 g/mol. The van der Waals surface area contributed by atoms with Crippen molar-refractivity contribution in [3.05, 3.63) is 23.8 Å². The summed E-state index contributed by atoms with van der Waals surface area (Å²) in [6.45, 7) is 4.32. The van der Waals surface area contributed by atoms with E-state index in [0.717, 1.165) is 17.1 Å². The third-order valence-electron chi connectivity index (χ3n) is 2.41. The smallest absolute Gasteiger partial charge is 0.335 e. The summed E-state index contributed by atoms with van der Waals surface area (Å²) in [5.41, 5.74) is 6.42. The van der Waals surface area contributed by atoms with Crippen molar-refractivity contribution in [2.75, 3.05) is 11.5 Å². The summed E-state index contributed by atoms with van der Waals surface area (Å²) in [6, 6.07) is 4.97. The number of thioether (sulfide) groups is 1. The van der Waals surface area contributed by atoms with E-state index in [-0.39, 0.29) is 5.56 Å². The highest BCUT2D eigenvalue weighted by atomic mass is 32.2. The summed E-state index contributed by atoms with van der Waals surface area (Å²) in [7, 11) is 0. The molecular formula is C12H17NO2S. The van der Waals surface area contributed by atoms with E-state index in [1.165, 1.54) is 6.07 Å². The molecule has 0 amide bonds. The summed E-state index contributed by atoms with van der Waals surface area (Å²) in [5.74, 6) is 0.677. The molecule has 0 saturated heterocycles. The minimum atomic E-state index is -0.933. The van der Waals surface area contributed by atoms with Crippen LogP contribution >= 0.6 is 11.8 Å². The first-order valence-electron chi connectivity index (χ1n) is 5.29. The highest BCUT2D eigenvalue weighted by Gasteiger charge is 2.07. The standard InChI is InChI=1S/C12H17NO2S/c1-3-8(2)7-16-11-5-9(12(14)15)4-10(13)6-11/h4-6,8H,3,7,13H2,1-2H3,(H,14,15). The second kappa shape index (κ2) is 5.80. The second-order valence-corrected chi connectivity index (χ2v) is 5.01. The van der Waals surface area contributed by atoms with Gasteiger partial charge in [0, 0.05) is 16.3 Å². The van der Waals surface area contributed by atoms with Crippen molar-refractivity contribution in [3.63, 3.8) is 0 Å². The Morgan fingerprint density at radius 1 is 1.50 bits per heavy atom. The van der Waals surface area contributed by atoms with Crippen LogP contribution in [0, 0.1) is 5.92 Å². The minimum absolute atomic E-state index is 0.256. The van der Waals surface area contributed by atoms with Gasteiger partial charge in [-0.2, -0.15) is 0 Å². The van der Waals surface area contributed by atoms with E-state index in [1.807, 2.05) is 6.07 Å². The summed E-state index contributed by atoms with van der Waals surface area (Å²) >= 11 is 1.66. The first kappa shape index (κ1) is 12.9. The Morgan fingerprint density at radius 3 is 2.75 bits per heavy atom. The Morgan fingerprint density at radius 2 is 2.19 bits per heavy atom. The van der Waals surface area contributed by atoms with Crippen LogP contribution in [-0.4, -0.2) is 16.8 Å². The van der Waals surface area contributed by atoms with Gasteiger partial charge in [-0.3, -0.25) is 0 Å². The largest absolute Gasteiger partial charge is 0.478 e. The van der Waals surface area contributed by atoms with Gasteiger partial charge in [0.2, 0.25) is 0 Å². The third kappa shape index (κ3) is 3.77. The molecule has 0 heterocycles. The lowest BCUT2D eigenvalue weighted by Gasteiger charge is -2.09. The molecule has 88 valence electrons. The zero-order chi connectivity index (χ0) is 12.1. The number of benzene rings is 1. The molecule has 16 heavy (non-hydrogen) atoms. The summed E-state index contributed by atoms with van der Waals surface area (Å²) in [4.78, 5) is 11.8. The fourth-order valence-electron chi connectivity index (χ4n) is 1.19. The van der Waals surface area contributed by atoms with Crippen LogP contribution < -0.4 is 5.73 Å². The Labute approximate surface area is 100 Å². The molecule has 0 aliphatic carbocycles. The molecule has 3 N–H and O–H groups in total. The maximum atomic E-state index is 10.8. The maximum Gasteiger partial charge on any atom is 0.335 e. The highest BCUT2D eigenvalue weighted by molar-refractivity contribution is 7.99. The van der Waals surface area contributed by atoms with Crippen LogP contribution in [0.3, 0.4) is 0 Å². The number of nitrogen functional groups attached to an aromatic ring is 1. The molecule has 0 radical (unpaired) electrons. The Balaban J connectivity index is 2.76. The van der Waals surface area contributed by atoms with Crippen LogP contribution in [0.15, 0.2) is 23.1 Å². The fourth-order valence-corrected chi connectivity index (χ4v) is 2.33. The fraction of sp³-hybridized carbons (Fsp3) is 0.417. The van der Waals surface area contributed by atoms with Gasteiger partial charge < -0.3 is 10.8 Å². The van der Waals surface area contributed by atoms with E-state index in [0.29, 0.717) is 11.6 Å². The van der Waals surface area contributed by atoms with Gasteiger partial charge >= 0.3 is 5.97 Å². The predicted octanol–water partition coefficient (Wildman–Crippen LogP) is 3.11. The lowest BCUT2D eigenvalue weighted by atomic mass is 10.2. The van der Waals surface area contributed by atoms with Gasteiger partial charge in [0.25, 0.3) is 0 Å². The van der Waals surface area contributed by atoms with Gasteiger partial charge in [0.1, 0.15) is 0 Å². The Kier molecular flexibility index (Phi) is 4.68. The van der Waals surface area contributed by atoms with Crippen LogP contribution in [0.1, 0.15) is 30.6 Å². The monoisotopic (exact) mass is 239 g/mol. The molecule has 1 unspecified atom stereocenters. The average Bonchev–Trinajstić information content (AvgIpc) is 2.25. The van der Waals surface area contributed by atoms with Gasteiger partial charge in [-0.25, -0.2) is 4.79 Å². The molecule has 0 aliphatic heterocycles. The molecule has 0 bridgehead atoms. The van der Waals surface area contributed by atoms with Crippen molar-refractivity contribution >= 4 is 23.4 Å². The topological polar surface area (TPSA) is 63.3 Å². The zero-order valence-electron chi connectivity index (χ0n) is 9.56. The van der Waals surface area contributed by atoms with Gasteiger partial charge in [0.05, 0.1) is 5.56 Å². The van der Waals surface area contributed by atoms with Gasteiger partial charge in [-0.15, -0.1) is 11.8 Å². The molecule has 1 aromatic rings. The normalized spacial score (nSPS) is 12.4. The Bertz CT molecular complexity index is 379. The molecule has 0 fully saturated rings. The van der Waals surface area contributed by atoms with E-state index >= 15 is 0 Å². The van der Waals surface area contributed by atoms with E-state index < -0.39 is 5.97 Å². The number of carbonyl (C=O) groups is 1. The van der Waals surface area contributed by atoms with Gasteiger partial charge in [-0.05, 0) is 24.1 Å². The molecule has 3 nitrogen and oxygen atoms in total. The molecule has 0 saturated carbocycles. The summed E-state index contributed by atoms with van der Waals surface area (Å²) < 4.78 is 0. The van der Waals surface area contributed by atoms with E-state index in [4.69, 9.17) is 10.8 Å². The Hall–Kier alpha value is -1.16. The van der Waals surface area contributed by atoms with Crippen LogP contribution in [0.4, 0.5) is 5.69 Å². The van der Waals surface area contributed by atoms with E-state index in [1.54, 1.807) is 17.8 Å². The predicted molar refractivity (Wildman–Crippen MR) is 68.0 cm³/mol. The molecule has 0 aliphatic rings. The minimum Gasteiger partial charge on any atom is -0.478 e. The van der Waals surface area contributed by atoms with E-state index in [9.17, 15) is 4.79 Å². The number of rotatable bonds is 5. The summed E-state index contributed by atoms with van der Waals surface area (Å²) in [5, 5.41) is 8.89. The van der Waals surface area contributed by atoms with Crippen LogP contribution in [0.5, 0.6) is 0 Å². The second-order valence-electron chi connectivity index (χ2n) is 3.92. The summed E-state index contributed by atoms with van der Waals surface area (Å²) in [6.07, 6.45) is 1.13. The number of hydrogen-bond acceptors (Lipinski definition) is 3. The van der Waals surface area contributed by atoms with Crippen LogP contribution in [-0.2, 0) is 0 Å². The lowest BCUT2D eigenvalue weighted by molar-refractivity contribution is 0.0696. The quantitative estimate of drug-likeness (QED) is 0.612. The van der Waals surface area contributed by atoms with Gasteiger partial charge in [0.15, 0.2) is 0 Å². The van der Waals surface area contributed by atoms with Crippen LogP contribution in [0.25, 0.3) is 0 Å². The molecule has 1 aromatic carbocycles. The van der Waals surface area contributed by atoms with Crippen molar-refractivity contribution in [3.8, 4) is 0 Å². The lowest BCUT2D eigenvalue weighted by Crippen LogP contribution is -2.00. The van der Waals surface area contributed by atoms with E-state index in [2.05, 4.69) is 13.8 Å². The first-order valence-corrected chi connectivity index (χ1v) is 6.28. The highest BCUT2D eigenvalue weighted by Crippen LogP contribution is 2.25. The molecule has 1 atom stereocenters. The van der Waals surface area contributed by atoms with Crippen LogP contribution in [0.2, 0.25) is 0 Å². The average molecular weight is 239 g/mol. The number of nitrogens with two attached hydrogens (primary N) is 1. The molecule has 0 aromatic heterocycles. The number of carboxylic acid groups (broad SMARTS) is 1. The number of hydrogen-bond donors (Lipinski definition) is 2. The zero-order valence-corrected chi connectivity index (χ0v) is 10.4. The van der Waals surface area contributed by atoms with Crippen molar-refractivity contribution in [1.29, 1.82) is 0 Å². The third-order valence-corrected chi connectivity index (χ3v) is 3.71. The maximum absolute atomic E-state index is 10.8. The van der Waals surface area contributed by atoms with Crippen molar-refractivity contribution < 1.29 is 9.90 Å². The first-order chi connectivity index (χ1) is 7.52. The molecule has 0 spiro atoms. The number of anilines is 1. The molecule has 1 rings (SSSR count). The number of carboxylic acids is 1. The number of aromatic carboxylic acids is 1. The van der Waals surface area contributed by atoms with Crippen molar-refractivity contribution in [2.45, 2.75) is 25.2 Å².